The van der Waals surface area contributed by atoms with Crippen molar-refractivity contribution >= 4 is 23.2 Å². The van der Waals surface area contributed by atoms with Crippen LogP contribution in [0.25, 0.3) is 0 Å². The van der Waals surface area contributed by atoms with E-state index in [2.05, 4.69) is 10.6 Å². The molecule has 0 bridgehead atoms. The number of hydrogen-bond acceptors (Lipinski definition) is 3. The molecule has 1 rings (SSSR count). The summed E-state index contributed by atoms with van der Waals surface area (Å²) in [5.74, 6) is -0.207. The molecule has 0 radical (unpaired) electrons. The standard InChI is InChI=1S/C14H21N3O2/c1-10(2)14(19)16-12-7-5-6-11(8-12)15-13(18)9-17(3)4/h5-8,10H,9H2,1-4H3,(H,15,18)(H,16,19). The first-order valence-electron chi connectivity index (χ1n) is 6.24. The third kappa shape index (κ3) is 5.52. The van der Waals surface area contributed by atoms with Crippen LogP contribution in [0.4, 0.5) is 11.4 Å². The molecule has 0 fully saturated rings. The number of anilines is 2. The van der Waals surface area contributed by atoms with Crippen molar-refractivity contribution in [1.29, 1.82) is 0 Å². The molecule has 2 amide bonds. The summed E-state index contributed by atoms with van der Waals surface area (Å²) >= 11 is 0. The summed E-state index contributed by atoms with van der Waals surface area (Å²) in [6.07, 6.45) is 0. The highest BCUT2D eigenvalue weighted by molar-refractivity contribution is 5.95. The van der Waals surface area contributed by atoms with Crippen molar-refractivity contribution < 1.29 is 9.59 Å². The van der Waals surface area contributed by atoms with Gasteiger partial charge in [-0.25, -0.2) is 0 Å². The maximum atomic E-state index is 11.6. The number of carbonyl (C=O) groups is 2. The van der Waals surface area contributed by atoms with Gasteiger partial charge in [0.2, 0.25) is 11.8 Å². The molecule has 1 aromatic rings. The molecule has 19 heavy (non-hydrogen) atoms. The Labute approximate surface area is 114 Å². The van der Waals surface area contributed by atoms with Gasteiger partial charge >= 0.3 is 0 Å². The van der Waals surface area contributed by atoms with Crippen molar-refractivity contribution in [3.63, 3.8) is 0 Å². The van der Waals surface area contributed by atoms with Gasteiger partial charge in [-0.1, -0.05) is 19.9 Å². The number of nitrogens with zero attached hydrogens (tertiary/aromatic N) is 1. The van der Waals surface area contributed by atoms with Gasteiger partial charge in [0.25, 0.3) is 0 Å². The normalized spacial score (nSPS) is 10.6. The second-order valence-electron chi connectivity index (χ2n) is 5.01. The average molecular weight is 263 g/mol. The zero-order valence-corrected chi connectivity index (χ0v) is 11.9. The lowest BCUT2D eigenvalue weighted by molar-refractivity contribution is -0.119. The van der Waals surface area contributed by atoms with Crippen molar-refractivity contribution in [1.82, 2.24) is 4.90 Å². The second-order valence-corrected chi connectivity index (χ2v) is 5.01. The lowest BCUT2D eigenvalue weighted by Crippen LogP contribution is -2.27. The van der Waals surface area contributed by atoms with Gasteiger partial charge in [-0.3, -0.25) is 9.59 Å². The fourth-order valence-electron chi connectivity index (χ4n) is 1.45. The van der Waals surface area contributed by atoms with Crippen LogP contribution in [-0.4, -0.2) is 37.4 Å². The summed E-state index contributed by atoms with van der Waals surface area (Å²) in [6.45, 7) is 3.98. The Morgan fingerprint density at radius 1 is 1.16 bits per heavy atom. The van der Waals surface area contributed by atoms with E-state index in [-0.39, 0.29) is 17.7 Å². The summed E-state index contributed by atoms with van der Waals surface area (Å²) in [6, 6.07) is 7.12. The fraction of sp³-hybridized carbons (Fsp3) is 0.429. The SMILES string of the molecule is CC(C)C(=O)Nc1cccc(NC(=O)CN(C)C)c1. The first-order valence-corrected chi connectivity index (χ1v) is 6.24. The largest absolute Gasteiger partial charge is 0.326 e. The zero-order chi connectivity index (χ0) is 14.4. The van der Waals surface area contributed by atoms with Gasteiger partial charge in [-0.2, -0.15) is 0 Å². The topological polar surface area (TPSA) is 61.4 Å². The molecule has 0 aliphatic rings. The minimum atomic E-state index is -0.0858. The van der Waals surface area contributed by atoms with Gasteiger partial charge in [-0.05, 0) is 32.3 Å². The van der Waals surface area contributed by atoms with Gasteiger partial charge in [0.15, 0.2) is 0 Å². The number of rotatable bonds is 5. The van der Waals surface area contributed by atoms with Crippen LogP contribution >= 0.6 is 0 Å². The number of benzene rings is 1. The number of carbonyl (C=O) groups excluding carboxylic acids is 2. The molecule has 0 unspecified atom stereocenters. The smallest absolute Gasteiger partial charge is 0.238 e. The highest BCUT2D eigenvalue weighted by atomic mass is 16.2. The fourth-order valence-corrected chi connectivity index (χ4v) is 1.45. The van der Waals surface area contributed by atoms with Gasteiger partial charge in [0.1, 0.15) is 0 Å². The van der Waals surface area contributed by atoms with Crippen LogP contribution in [0, 0.1) is 5.92 Å². The summed E-state index contributed by atoms with van der Waals surface area (Å²) in [5.41, 5.74) is 1.36. The van der Waals surface area contributed by atoms with Crippen molar-refractivity contribution in [3.8, 4) is 0 Å². The predicted molar refractivity (Wildman–Crippen MR) is 77.1 cm³/mol. The molecule has 5 heteroatoms. The lowest BCUT2D eigenvalue weighted by atomic mass is 10.2. The van der Waals surface area contributed by atoms with Gasteiger partial charge in [0.05, 0.1) is 6.54 Å². The van der Waals surface area contributed by atoms with E-state index in [0.29, 0.717) is 17.9 Å². The van der Waals surface area contributed by atoms with E-state index in [1.165, 1.54) is 0 Å². The van der Waals surface area contributed by atoms with Crippen LogP contribution in [-0.2, 0) is 9.59 Å². The van der Waals surface area contributed by atoms with Crippen molar-refractivity contribution in [3.05, 3.63) is 24.3 Å². The molecule has 0 atom stereocenters. The van der Waals surface area contributed by atoms with Crippen LogP contribution in [0.15, 0.2) is 24.3 Å². The molecule has 0 aliphatic heterocycles. The third-order valence-corrected chi connectivity index (χ3v) is 2.40. The molecule has 0 saturated heterocycles. The Hall–Kier alpha value is -1.88. The molecule has 0 heterocycles. The number of likely N-dealkylation sites (N-methyl/N-ethyl adjacent to an activating group) is 1. The van der Waals surface area contributed by atoms with E-state index in [1.54, 1.807) is 29.2 Å². The molecule has 5 nitrogen and oxygen atoms in total. The highest BCUT2D eigenvalue weighted by Crippen LogP contribution is 2.15. The molecule has 2 N–H and O–H groups in total. The Morgan fingerprint density at radius 2 is 1.74 bits per heavy atom. The molecular weight excluding hydrogens is 242 g/mol. The molecule has 104 valence electrons. The first-order chi connectivity index (χ1) is 8.88. The van der Waals surface area contributed by atoms with E-state index < -0.39 is 0 Å². The number of hydrogen-bond donors (Lipinski definition) is 2. The Kier molecular flexibility index (Phi) is 5.51. The molecule has 0 saturated carbocycles. The van der Waals surface area contributed by atoms with E-state index in [0.717, 1.165) is 0 Å². The molecule has 0 aliphatic carbocycles. The summed E-state index contributed by atoms with van der Waals surface area (Å²) in [5, 5.41) is 5.58. The summed E-state index contributed by atoms with van der Waals surface area (Å²) in [7, 11) is 3.66. The maximum absolute atomic E-state index is 11.6. The Bertz CT molecular complexity index is 456. The highest BCUT2D eigenvalue weighted by Gasteiger charge is 2.08. The number of amides is 2. The van der Waals surface area contributed by atoms with Crippen molar-refractivity contribution in [2.75, 3.05) is 31.3 Å². The van der Waals surface area contributed by atoms with Gasteiger partial charge in [0, 0.05) is 17.3 Å². The number of nitrogens with one attached hydrogen (secondary N) is 2. The Balaban J connectivity index is 2.67. The van der Waals surface area contributed by atoms with Crippen LogP contribution in [0.2, 0.25) is 0 Å². The predicted octanol–water partition coefficient (Wildman–Crippen LogP) is 1.78. The van der Waals surface area contributed by atoms with Gasteiger partial charge < -0.3 is 15.5 Å². The molecule has 0 aromatic heterocycles. The van der Waals surface area contributed by atoms with Crippen LogP contribution in [0.1, 0.15) is 13.8 Å². The molecule has 0 spiro atoms. The second kappa shape index (κ2) is 6.89. The monoisotopic (exact) mass is 263 g/mol. The molecular formula is C14H21N3O2. The van der Waals surface area contributed by atoms with Crippen LogP contribution in [0.5, 0.6) is 0 Å². The maximum Gasteiger partial charge on any atom is 0.238 e. The summed E-state index contributed by atoms with van der Waals surface area (Å²) in [4.78, 5) is 25.0. The van der Waals surface area contributed by atoms with E-state index in [9.17, 15) is 9.59 Å². The van der Waals surface area contributed by atoms with Crippen molar-refractivity contribution in [2.24, 2.45) is 5.92 Å². The van der Waals surface area contributed by atoms with Crippen molar-refractivity contribution in [2.45, 2.75) is 13.8 Å². The zero-order valence-electron chi connectivity index (χ0n) is 11.9. The van der Waals surface area contributed by atoms with E-state index in [1.807, 2.05) is 27.9 Å². The average Bonchev–Trinajstić information content (AvgIpc) is 2.27. The van der Waals surface area contributed by atoms with Crippen LogP contribution in [0.3, 0.4) is 0 Å². The first kappa shape index (κ1) is 15.2. The quantitative estimate of drug-likeness (QED) is 0.851. The van der Waals surface area contributed by atoms with Gasteiger partial charge in [-0.15, -0.1) is 0 Å². The minimum Gasteiger partial charge on any atom is -0.326 e. The Morgan fingerprint density at radius 3 is 2.26 bits per heavy atom. The lowest BCUT2D eigenvalue weighted by Gasteiger charge is -2.12. The minimum absolute atomic E-state index is 0.0447. The third-order valence-electron chi connectivity index (χ3n) is 2.40. The van der Waals surface area contributed by atoms with Crippen LogP contribution < -0.4 is 10.6 Å². The van der Waals surface area contributed by atoms with E-state index in [4.69, 9.17) is 0 Å². The van der Waals surface area contributed by atoms with E-state index >= 15 is 0 Å². The molecule has 1 aromatic carbocycles. The summed E-state index contributed by atoms with van der Waals surface area (Å²) < 4.78 is 0.